The summed E-state index contributed by atoms with van der Waals surface area (Å²) in [4.78, 5) is 35.5. The lowest BCUT2D eigenvalue weighted by molar-refractivity contribution is -0.121. The molecule has 1 fully saturated rings. The molecule has 1 aliphatic rings. The Kier molecular flexibility index (Phi) is 7.24. The van der Waals surface area contributed by atoms with Crippen LogP contribution in [0.4, 0.5) is 10.8 Å². The van der Waals surface area contributed by atoms with Crippen LogP contribution in [0.15, 0.2) is 48.1 Å². The number of aromatic nitrogens is 2. The molecule has 0 saturated heterocycles. The van der Waals surface area contributed by atoms with E-state index >= 15 is 0 Å². The molecule has 1 aliphatic carbocycles. The van der Waals surface area contributed by atoms with Gasteiger partial charge in [0, 0.05) is 49.0 Å². The molecular formula is C22H21Cl2N5O2S. The highest BCUT2D eigenvalue weighted by Gasteiger charge is 2.34. The molecule has 4 rings (SSSR count). The summed E-state index contributed by atoms with van der Waals surface area (Å²) in [7, 11) is 0. The number of carbonyl (C=O) groups is 2. The first-order valence-corrected chi connectivity index (χ1v) is 11.8. The molecule has 2 amide bonds. The van der Waals surface area contributed by atoms with Crippen molar-refractivity contribution in [1.29, 1.82) is 0 Å². The Bertz CT molecular complexity index is 1100. The lowest BCUT2D eigenvalue weighted by Gasteiger charge is -2.21. The Morgan fingerprint density at radius 1 is 1.19 bits per heavy atom. The van der Waals surface area contributed by atoms with E-state index in [1.807, 2.05) is 12.1 Å². The molecule has 0 unspecified atom stereocenters. The van der Waals surface area contributed by atoms with Crippen LogP contribution in [0.1, 0.15) is 35.3 Å². The zero-order chi connectivity index (χ0) is 22.5. The number of halogens is 2. The van der Waals surface area contributed by atoms with Crippen LogP contribution in [-0.4, -0.2) is 39.3 Å². The maximum Gasteiger partial charge on any atom is 0.273 e. The third-order valence-electron chi connectivity index (χ3n) is 4.93. The second kappa shape index (κ2) is 10.3. The van der Waals surface area contributed by atoms with Crippen LogP contribution < -0.4 is 10.6 Å². The zero-order valence-corrected chi connectivity index (χ0v) is 19.4. The maximum absolute atomic E-state index is 13.0. The van der Waals surface area contributed by atoms with Gasteiger partial charge in [0.15, 0.2) is 5.13 Å². The molecule has 166 valence electrons. The predicted molar refractivity (Wildman–Crippen MR) is 127 cm³/mol. The highest BCUT2D eigenvalue weighted by atomic mass is 35.5. The van der Waals surface area contributed by atoms with Gasteiger partial charge in [0.2, 0.25) is 5.91 Å². The van der Waals surface area contributed by atoms with E-state index in [0.717, 1.165) is 24.1 Å². The van der Waals surface area contributed by atoms with E-state index in [9.17, 15) is 9.59 Å². The number of nitrogens with one attached hydrogen (secondary N) is 2. The van der Waals surface area contributed by atoms with Gasteiger partial charge in [-0.25, -0.2) is 4.98 Å². The third-order valence-corrected chi connectivity index (χ3v) is 6.43. The molecule has 0 spiro atoms. The summed E-state index contributed by atoms with van der Waals surface area (Å²) in [5, 5.41) is 9.22. The van der Waals surface area contributed by atoms with Crippen molar-refractivity contribution in [2.45, 2.75) is 31.8 Å². The van der Waals surface area contributed by atoms with Gasteiger partial charge in [0.05, 0.1) is 10.0 Å². The van der Waals surface area contributed by atoms with Crippen LogP contribution in [0, 0.1) is 0 Å². The van der Waals surface area contributed by atoms with Crippen molar-refractivity contribution in [2.75, 3.05) is 11.9 Å². The molecule has 0 atom stereocenters. The number of pyridine rings is 1. The van der Waals surface area contributed by atoms with Crippen LogP contribution >= 0.6 is 34.5 Å². The van der Waals surface area contributed by atoms with E-state index in [1.165, 1.54) is 11.3 Å². The number of hydrogen-bond acceptors (Lipinski definition) is 6. The van der Waals surface area contributed by atoms with Gasteiger partial charge in [-0.05, 0) is 42.7 Å². The average Bonchev–Trinajstić information content (AvgIpc) is 3.53. The van der Waals surface area contributed by atoms with Crippen molar-refractivity contribution in [3.63, 3.8) is 0 Å². The van der Waals surface area contributed by atoms with Crippen LogP contribution in [0.5, 0.6) is 0 Å². The van der Waals surface area contributed by atoms with Crippen molar-refractivity contribution in [3.8, 4) is 0 Å². The largest absolute Gasteiger partial charge is 0.352 e. The predicted octanol–water partition coefficient (Wildman–Crippen LogP) is 4.90. The molecule has 1 aromatic carbocycles. The number of carbonyl (C=O) groups excluding carboxylic acids is 2. The van der Waals surface area contributed by atoms with Crippen molar-refractivity contribution < 1.29 is 9.59 Å². The number of hydrogen-bond donors (Lipinski definition) is 2. The Balaban J connectivity index is 1.33. The lowest BCUT2D eigenvalue weighted by atomic mass is 10.2. The Hall–Kier alpha value is -2.68. The Labute approximate surface area is 199 Å². The molecule has 0 aliphatic heterocycles. The Morgan fingerprint density at radius 2 is 2.03 bits per heavy atom. The molecule has 7 nitrogen and oxygen atoms in total. The fraction of sp³-hybridized carbons (Fsp3) is 0.273. The average molecular weight is 490 g/mol. The van der Waals surface area contributed by atoms with E-state index in [0.29, 0.717) is 34.0 Å². The smallest absolute Gasteiger partial charge is 0.273 e. The quantitative estimate of drug-likeness (QED) is 0.446. The van der Waals surface area contributed by atoms with Gasteiger partial charge in [-0.15, -0.1) is 11.3 Å². The summed E-state index contributed by atoms with van der Waals surface area (Å²) in [5.74, 6) is -0.265. The van der Waals surface area contributed by atoms with E-state index < -0.39 is 0 Å². The fourth-order valence-corrected chi connectivity index (χ4v) is 4.13. The van der Waals surface area contributed by atoms with E-state index in [2.05, 4.69) is 20.6 Å². The van der Waals surface area contributed by atoms with Crippen LogP contribution in [0.25, 0.3) is 0 Å². The number of rotatable bonds is 9. The molecule has 3 aromatic rings. The van der Waals surface area contributed by atoms with Crippen LogP contribution in [0.3, 0.4) is 0 Å². The normalized spacial score (nSPS) is 12.9. The number of nitrogens with zero attached hydrogens (tertiary/aromatic N) is 3. The summed E-state index contributed by atoms with van der Waals surface area (Å²) < 4.78 is 0. The SMILES string of the molecule is O=C(CCN(C(=O)c1csc(Nc2ccc(Cl)c(Cl)c2)n1)C1CC1)NCc1cccnc1. The third kappa shape index (κ3) is 5.97. The van der Waals surface area contributed by atoms with Crippen molar-refractivity contribution in [1.82, 2.24) is 20.2 Å². The second-order valence-electron chi connectivity index (χ2n) is 7.41. The highest BCUT2D eigenvalue weighted by molar-refractivity contribution is 7.14. The van der Waals surface area contributed by atoms with Gasteiger partial charge >= 0.3 is 0 Å². The van der Waals surface area contributed by atoms with Crippen molar-refractivity contribution in [2.24, 2.45) is 0 Å². The van der Waals surface area contributed by atoms with Gasteiger partial charge in [-0.2, -0.15) is 0 Å². The molecule has 10 heteroatoms. The number of thiazole rings is 1. The van der Waals surface area contributed by atoms with Gasteiger partial charge in [0.1, 0.15) is 5.69 Å². The molecule has 0 bridgehead atoms. The molecule has 2 aromatic heterocycles. The molecule has 1 saturated carbocycles. The van der Waals surface area contributed by atoms with Gasteiger partial charge < -0.3 is 15.5 Å². The first-order valence-electron chi connectivity index (χ1n) is 10.1. The highest BCUT2D eigenvalue weighted by Crippen LogP contribution is 2.31. The lowest BCUT2D eigenvalue weighted by Crippen LogP contribution is -2.37. The second-order valence-corrected chi connectivity index (χ2v) is 9.08. The number of anilines is 2. The van der Waals surface area contributed by atoms with Gasteiger partial charge in [-0.1, -0.05) is 29.3 Å². The fourth-order valence-electron chi connectivity index (χ4n) is 3.12. The minimum absolute atomic E-state index is 0.104. The van der Waals surface area contributed by atoms with Crippen molar-refractivity contribution >= 4 is 57.2 Å². The molecule has 2 heterocycles. The van der Waals surface area contributed by atoms with Crippen molar-refractivity contribution in [3.05, 3.63) is 69.4 Å². The van der Waals surface area contributed by atoms with Gasteiger partial charge in [0.25, 0.3) is 5.91 Å². The summed E-state index contributed by atoms with van der Waals surface area (Å²) in [5.41, 5.74) is 2.03. The zero-order valence-electron chi connectivity index (χ0n) is 17.1. The summed E-state index contributed by atoms with van der Waals surface area (Å²) in [6, 6.07) is 9.08. The Morgan fingerprint density at radius 3 is 2.75 bits per heavy atom. The van der Waals surface area contributed by atoms with E-state index in [1.54, 1.807) is 40.9 Å². The maximum atomic E-state index is 13.0. The van der Waals surface area contributed by atoms with Gasteiger partial charge in [-0.3, -0.25) is 14.6 Å². The first kappa shape index (κ1) is 22.5. The number of benzene rings is 1. The van der Waals surface area contributed by atoms with Crippen LogP contribution in [0.2, 0.25) is 10.0 Å². The summed E-state index contributed by atoms with van der Waals surface area (Å²) in [6.07, 6.45) is 5.53. The van der Waals surface area contributed by atoms with E-state index in [-0.39, 0.29) is 24.3 Å². The first-order chi connectivity index (χ1) is 15.5. The van der Waals surface area contributed by atoms with Crippen LogP contribution in [-0.2, 0) is 11.3 Å². The topological polar surface area (TPSA) is 87.2 Å². The molecule has 32 heavy (non-hydrogen) atoms. The minimum Gasteiger partial charge on any atom is -0.352 e. The summed E-state index contributed by atoms with van der Waals surface area (Å²) >= 11 is 13.3. The molecular weight excluding hydrogens is 469 g/mol. The molecule has 0 radical (unpaired) electrons. The minimum atomic E-state index is -0.161. The molecule has 2 N–H and O–H groups in total. The monoisotopic (exact) mass is 489 g/mol. The summed E-state index contributed by atoms with van der Waals surface area (Å²) in [6.45, 7) is 0.773. The standard InChI is InChI=1S/C22H21Cl2N5O2S/c23-17-6-3-15(10-18(17)24)27-22-28-19(13-32-22)21(31)29(16-4-5-16)9-7-20(30)26-12-14-2-1-8-25-11-14/h1-3,6,8,10-11,13,16H,4-5,7,9,12H2,(H,26,30)(H,27,28). The number of amides is 2. The van der Waals surface area contributed by atoms with E-state index in [4.69, 9.17) is 23.2 Å².